The summed E-state index contributed by atoms with van der Waals surface area (Å²) >= 11 is 0. The minimum Gasteiger partial charge on any atom is -0.507 e. The molecule has 3 aromatic carbocycles. The van der Waals surface area contributed by atoms with Crippen molar-refractivity contribution in [3.05, 3.63) is 94.6 Å². The summed E-state index contributed by atoms with van der Waals surface area (Å²) in [6.45, 7) is 7.28. The standard InChI is InChI=1S/C34H37NO6/c1-4-6-18-40-28-15-12-24(21-29(28)39-5-2)31-30(32(36)25-13-14-27-26(20-25)19-22(3)41-27)33(37)34(38)35(31)17-16-23-10-8-7-9-11-23/h7-15,20-22,31,36H,4-6,16-19H2,1-3H3/b32-30-. The van der Waals surface area contributed by atoms with Crippen LogP contribution in [0.3, 0.4) is 0 Å². The van der Waals surface area contributed by atoms with E-state index in [1.165, 1.54) is 0 Å². The van der Waals surface area contributed by atoms with E-state index >= 15 is 0 Å². The second kappa shape index (κ2) is 12.5. The van der Waals surface area contributed by atoms with Crippen molar-refractivity contribution < 1.29 is 28.9 Å². The maximum absolute atomic E-state index is 13.6. The highest BCUT2D eigenvalue weighted by Gasteiger charge is 2.46. The Morgan fingerprint density at radius 3 is 2.56 bits per heavy atom. The highest BCUT2D eigenvalue weighted by atomic mass is 16.5. The van der Waals surface area contributed by atoms with Crippen molar-refractivity contribution >= 4 is 17.4 Å². The molecule has 3 aromatic rings. The molecule has 0 aliphatic carbocycles. The Morgan fingerprint density at radius 2 is 1.80 bits per heavy atom. The first-order chi connectivity index (χ1) is 19.9. The highest BCUT2D eigenvalue weighted by Crippen LogP contribution is 2.43. The van der Waals surface area contributed by atoms with E-state index in [0.29, 0.717) is 55.2 Å². The van der Waals surface area contributed by atoms with Crippen LogP contribution in [0.2, 0.25) is 0 Å². The van der Waals surface area contributed by atoms with Crippen LogP contribution >= 0.6 is 0 Å². The van der Waals surface area contributed by atoms with E-state index in [-0.39, 0.29) is 17.4 Å². The fourth-order valence-electron chi connectivity index (χ4n) is 5.49. The number of hydrogen-bond donors (Lipinski definition) is 1. The summed E-state index contributed by atoms with van der Waals surface area (Å²) in [5.41, 5.74) is 3.23. The first-order valence-electron chi connectivity index (χ1n) is 14.4. The van der Waals surface area contributed by atoms with Gasteiger partial charge in [-0.1, -0.05) is 49.7 Å². The lowest BCUT2D eigenvalue weighted by molar-refractivity contribution is -0.139. The number of Topliss-reactive ketones (excluding diaryl/α,β-unsaturated/α-hetero) is 1. The van der Waals surface area contributed by atoms with Crippen molar-refractivity contribution in [2.45, 2.75) is 58.6 Å². The van der Waals surface area contributed by atoms with Crippen LogP contribution in [0, 0.1) is 0 Å². The number of rotatable bonds is 11. The average molecular weight is 556 g/mol. The molecule has 7 heteroatoms. The predicted molar refractivity (Wildman–Crippen MR) is 157 cm³/mol. The molecule has 0 radical (unpaired) electrons. The Labute approximate surface area is 241 Å². The molecule has 1 saturated heterocycles. The lowest BCUT2D eigenvalue weighted by Gasteiger charge is -2.26. The first kappa shape index (κ1) is 28.3. The van der Waals surface area contributed by atoms with Crippen LogP contribution in [0.15, 0.2) is 72.3 Å². The highest BCUT2D eigenvalue weighted by molar-refractivity contribution is 6.46. The SMILES string of the molecule is CCCCOc1ccc(C2/C(=C(/O)c3ccc4c(c3)CC(C)O4)C(=O)C(=O)N2CCc2ccccc2)cc1OCC. The molecule has 0 bridgehead atoms. The van der Waals surface area contributed by atoms with E-state index in [2.05, 4.69) is 6.92 Å². The van der Waals surface area contributed by atoms with Crippen molar-refractivity contribution in [3.8, 4) is 17.2 Å². The topological polar surface area (TPSA) is 85.3 Å². The maximum Gasteiger partial charge on any atom is 0.295 e. The van der Waals surface area contributed by atoms with Crippen LogP contribution < -0.4 is 14.2 Å². The minimum absolute atomic E-state index is 0.0426. The molecule has 2 atom stereocenters. The van der Waals surface area contributed by atoms with E-state index < -0.39 is 17.7 Å². The van der Waals surface area contributed by atoms with E-state index in [4.69, 9.17) is 14.2 Å². The molecule has 2 aliphatic heterocycles. The molecule has 1 amide bonds. The van der Waals surface area contributed by atoms with Gasteiger partial charge in [-0.2, -0.15) is 0 Å². The molecule has 41 heavy (non-hydrogen) atoms. The van der Waals surface area contributed by atoms with Crippen molar-refractivity contribution in [2.75, 3.05) is 19.8 Å². The Balaban J connectivity index is 1.58. The van der Waals surface area contributed by atoms with E-state index in [9.17, 15) is 14.7 Å². The van der Waals surface area contributed by atoms with Crippen LogP contribution in [0.5, 0.6) is 17.2 Å². The van der Waals surface area contributed by atoms with Crippen molar-refractivity contribution in [1.29, 1.82) is 0 Å². The molecule has 2 aliphatic rings. The third kappa shape index (κ3) is 5.94. The molecule has 1 fully saturated rings. The second-order valence-corrected chi connectivity index (χ2v) is 10.5. The predicted octanol–water partition coefficient (Wildman–Crippen LogP) is 6.25. The van der Waals surface area contributed by atoms with Crippen molar-refractivity contribution in [2.24, 2.45) is 0 Å². The molecule has 5 rings (SSSR count). The Morgan fingerprint density at radius 1 is 1.00 bits per heavy atom. The van der Waals surface area contributed by atoms with Crippen molar-refractivity contribution in [3.63, 3.8) is 0 Å². The Hall–Kier alpha value is -4.26. The van der Waals surface area contributed by atoms with Crippen molar-refractivity contribution in [1.82, 2.24) is 4.90 Å². The van der Waals surface area contributed by atoms with Gasteiger partial charge in [-0.15, -0.1) is 0 Å². The van der Waals surface area contributed by atoms with Crippen LogP contribution in [0.4, 0.5) is 0 Å². The van der Waals surface area contributed by atoms with Gasteiger partial charge in [0, 0.05) is 18.5 Å². The van der Waals surface area contributed by atoms with E-state index in [1.807, 2.05) is 74.5 Å². The number of carbonyl (C=O) groups excluding carboxylic acids is 2. The number of fused-ring (bicyclic) bond motifs is 1. The monoisotopic (exact) mass is 555 g/mol. The van der Waals surface area contributed by atoms with Gasteiger partial charge in [0.1, 0.15) is 17.6 Å². The molecular formula is C34H37NO6. The van der Waals surface area contributed by atoms with Crippen LogP contribution in [0.1, 0.15) is 61.9 Å². The number of aliphatic hydroxyl groups is 1. The number of carbonyl (C=O) groups is 2. The Bertz CT molecular complexity index is 1450. The molecule has 7 nitrogen and oxygen atoms in total. The van der Waals surface area contributed by atoms with Gasteiger partial charge in [0.2, 0.25) is 0 Å². The third-order valence-electron chi connectivity index (χ3n) is 7.53. The van der Waals surface area contributed by atoms with Gasteiger partial charge in [-0.05, 0) is 73.7 Å². The first-order valence-corrected chi connectivity index (χ1v) is 14.4. The van der Waals surface area contributed by atoms with Gasteiger partial charge >= 0.3 is 0 Å². The number of benzene rings is 3. The lowest BCUT2D eigenvalue weighted by atomic mass is 9.94. The summed E-state index contributed by atoms with van der Waals surface area (Å²) in [7, 11) is 0. The van der Waals surface area contributed by atoms with E-state index in [0.717, 1.165) is 29.7 Å². The molecular weight excluding hydrogens is 518 g/mol. The van der Waals surface area contributed by atoms with Crippen LogP contribution in [0.25, 0.3) is 5.76 Å². The molecule has 1 N–H and O–H groups in total. The molecule has 0 aromatic heterocycles. The minimum atomic E-state index is -0.786. The summed E-state index contributed by atoms with van der Waals surface area (Å²) in [6, 6.07) is 19.9. The Kier molecular flexibility index (Phi) is 8.62. The number of nitrogens with zero attached hydrogens (tertiary/aromatic N) is 1. The summed E-state index contributed by atoms with van der Waals surface area (Å²) in [6.07, 6.45) is 3.24. The summed E-state index contributed by atoms with van der Waals surface area (Å²) in [5, 5.41) is 11.6. The average Bonchev–Trinajstić information content (AvgIpc) is 3.48. The number of ether oxygens (including phenoxy) is 3. The normalized spacial score (nSPS) is 19.2. The fourth-order valence-corrected chi connectivity index (χ4v) is 5.49. The zero-order valence-corrected chi connectivity index (χ0v) is 23.9. The second-order valence-electron chi connectivity index (χ2n) is 10.5. The summed E-state index contributed by atoms with van der Waals surface area (Å²) in [5.74, 6) is 0.392. The number of ketones is 1. The maximum atomic E-state index is 13.6. The van der Waals surface area contributed by atoms with Gasteiger partial charge in [0.05, 0.1) is 24.8 Å². The summed E-state index contributed by atoms with van der Waals surface area (Å²) < 4.78 is 17.7. The van der Waals surface area contributed by atoms with Gasteiger partial charge in [-0.25, -0.2) is 0 Å². The number of likely N-dealkylation sites (tertiary alicyclic amines) is 1. The smallest absolute Gasteiger partial charge is 0.295 e. The molecule has 0 spiro atoms. The number of aliphatic hydroxyl groups excluding tert-OH is 1. The zero-order chi connectivity index (χ0) is 28.9. The largest absolute Gasteiger partial charge is 0.507 e. The zero-order valence-electron chi connectivity index (χ0n) is 23.9. The molecule has 214 valence electrons. The van der Waals surface area contributed by atoms with Crippen LogP contribution in [-0.4, -0.2) is 47.6 Å². The fraction of sp³-hybridized carbons (Fsp3) is 0.353. The van der Waals surface area contributed by atoms with Gasteiger partial charge < -0.3 is 24.2 Å². The van der Waals surface area contributed by atoms with Crippen LogP contribution in [-0.2, 0) is 22.4 Å². The third-order valence-corrected chi connectivity index (χ3v) is 7.53. The quantitative estimate of drug-likeness (QED) is 0.130. The lowest BCUT2D eigenvalue weighted by Crippen LogP contribution is -2.31. The number of hydrogen-bond acceptors (Lipinski definition) is 6. The molecule has 0 saturated carbocycles. The number of unbranched alkanes of at least 4 members (excludes halogenated alkanes) is 1. The summed E-state index contributed by atoms with van der Waals surface area (Å²) in [4.78, 5) is 28.6. The van der Waals surface area contributed by atoms with E-state index in [1.54, 1.807) is 11.0 Å². The number of amides is 1. The molecule has 2 heterocycles. The van der Waals surface area contributed by atoms with Gasteiger partial charge in [0.25, 0.3) is 11.7 Å². The molecule has 2 unspecified atom stereocenters. The van der Waals surface area contributed by atoms with Gasteiger partial charge in [-0.3, -0.25) is 9.59 Å². The van der Waals surface area contributed by atoms with Gasteiger partial charge in [0.15, 0.2) is 11.5 Å².